The second kappa shape index (κ2) is 9.66. The lowest BCUT2D eigenvalue weighted by Gasteiger charge is -2.35. The summed E-state index contributed by atoms with van der Waals surface area (Å²) >= 11 is 1.53. The molecule has 3 aromatic rings. The van der Waals surface area contributed by atoms with Crippen molar-refractivity contribution in [3.8, 4) is 0 Å². The minimum absolute atomic E-state index is 0.156. The first-order valence-electron chi connectivity index (χ1n) is 10.4. The van der Waals surface area contributed by atoms with E-state index in [2.05, 4.69) is 10.6 Å². The fourth-order valence-electron chi connectivity index (χ4n) is 3.98. The smallest absolute Gasteiger partial charge is 0.227 e. The van der Waals surface area contributed by atoms with Gasteiger partial charge < -0.3 is 31.6 Å². The summed E-state index contributed by atoms with van der Waals surface area (Å²) in [6, 6.07) is 12.9. The molecule has 1 aliphatic heterocycles. The molecular weight excluding hydrogens is 426 g/mol. The molecule has 0 bridgehead atoms. The van der Waals surface area contributed by atoms with Crippen molar-refractivity contribution in [2.45, 2.75) is 18.8 Å². The van der Waals surface area contributed by atoms with E-state index in [1.54, 1.807) is 24.3 Å². The molecule has 8 nitrogen and oxygen atoms in total. The molecule has 0 saturated carbocycles. The molecular formula is C23H27N5O3S. The lowest BCUT2D eigenvalue weighted by atomic mass is 10.1. The number of aliphatic hydroxyl groups is 1. The van der Waals surface area contributed by atoms with Crippen molar-refractivity contribution in [1.29, 1.82) is 5.41 Å². The number of nitrogen functional groups attached to an aromatic ring is 1. The summed E-state index contributed by atoms with van der Waals surface area (Å²) in [6.45, 7) is 1.47. The van der Waals surface area contributed by atoms with Crippen molar-refractivity contribution in [3.63, 3.8) is 0 Å². The first-order valence-corrected chi connectivity index (χ1v) is 11.2. The third-order valence-electron chi connectivity index (χ3n) is 5.51. The molecule has 2 atom stereocenters. The number of morpholine rings is 1. The number of hydrogen-bond acceptors (Lipinski definition) is 8. The van der Waals surface area contributed by atoms with Crippen molar-refractivity contribution in [1.82, 2.24) is 4.90 Å². The summed E-state index contributed by atoms with van der Waals surface area (Å²) < 4.78 is 6.82. The van der Waals surface area contributed by atoms with Crippen LogP contribution in [0.4, 0.5) is 17.1 Å². The number of aliphatic hydroxyl groups excluding tert-OH is 1. The van der Waals surface area contributed by atoms with Crippen LogP contribution < -0.4 is 16.4 Å². The highest BCUT2D eigenvalue weighted by molar-refractivity contribution is 7.19. The molecule has 32 heavy (non-hydrogen) atoms. The molecule has 2 unspecified atom stereocenters. The Morgan fingerprint density at radius 2 is 2.25 bits per heavy atom. The molecule has 9 heteroatoms. The number of fused-ring (bicyclic) bond motifs is 1. The number of anilines is 3. The quantitative estimate of drug-likeness (QED) is 0.276. The van der Waals surface area contributed by atoms with Crippen LogP contribution in [-0.4, -0.2) is 55.0 Å². The third kappa shape index (κ3) is 4.76. The largest absolute Gasteiger partial charge is 0.399 e. The number of benzene rings is 2. The summed E-state index contributed by atoms with van der Waals surface area (Å²) in [5.41, 5.74) is 8.68. The van der Waals surface area contributed by atoms with Crippen LogP contribution in [0.15, 0.2) is 42.5 Å². The molecule has 1 aromatic heterocycles. The first kappa shape index (κ1) is 22.2. The van der Waals surface area contributed by atoms with E-state index in [-0.39, 0.29) is 18.4 Å². The lowest BCUT2D eigenvalue weighted by molar-refractivity contribution is -0.126. The van der Waals surface area contributed by atoms with Gasteiger partial charge in [0.05, 0.1) is 24.8 Å². The van der Waals surface area contributed by atoms with Gasteiger partial charge in [-0.2, -0.15) is 0 Å². The van der Waals surface area contributed by atoms with Gasteiger partial charge in [0.2, 0.25) is 5.91 Å². The molecule has 0 aliphatic carbocycles. The maximum atomic E-state index is 12.5. The number of carbonyl (C=O) groups excluding carboxylic acids is 1. The van der Waals surface area contributed by atoms with Gasteiger partial charge in [0.25, 0.3) is 0 Å². The lowest BCUT2D eigenvalue weighted by Crippen LogP contribution is -2.45. The molecule has 0 spiro atoms. The Morgan fingerprint density at radius 1 is 1.41 bits per heavy atom. The number of amides is 1. The minimum Gasteiger partial charge on any atom is -0.399 e. The second-order valence-corrected chi connectivity index (χ2v) is 8.84. The van der Waals surface area contributed by atoms with E-state index < -0.39 is 6.23 Å². The predicted octanol–water partition coefficient (Wildman–Crippen LogP) is 3.24. The number of nitrogens with zero attached hydrogens (tertiary/aromatic N) is 1. The highest BCUT2D eigenvalue weighted by Gasteiger charge is 2.29. The van der Waals surface area contributed by atoms with E-state index >= 15 is 0 Å². The Balaban J connectivity index is 1.43. The highest BCUT2D eigenvalue weighted by Crippen LogP contribution is 2.37. The Morgan fingerprint density at radius 3 is 3.00 bits per heavy atom. The summed E-state index contributed by atoms with van der Waals surface area (Å²) in [5.74, 6) is -0.156. The van der Waals surface area contributed by atoms with Gasteiger partial charge in [-0.15, -0.1) is 11.3 Å². The van der Waals surface area contributed by atoms with Crippen LogP contribution >= 0.6 is 11.3 Å². The number of hydrogen-bond donors (Lipinski definition) is 5. The molecule has 2 aromatic carbocycles. The molecule has 168 valence electrons. The molecule has 1 saturated heterocycles. The van der Waals surface area contributed by atoms with Gasteiger partial charge in [0.1, 0.15) is 6.23 Å². The zero-order valence-corrected chi connectivity index (χ0v) is 18.6. The number of nitrogens with one attached hydrogen (secondary N) is 3. The average Bonchev–Trinajstić information content (AvgIpc) is 3.22. The normalized spacial score (nSPS) is 17.8. The Hall–Kier alpha value is -2.98. The van der Waals surface area contributed by atoms with Gasteiger partial charge in [0.15, 0.2) is 0 Å². The van der Waals surface area contributed by atoms with Gasteiger partial charge in [-0.25, -0.2) is 0 Å². The van der Waals surface area contributed by atoms with Crippen LogP contribution in [0.3, 0.4) is 0 Å². The van der Waals surface area contributed by atoms with Gasteiger partial charge in [-0.05, 0) is 36.4 Å². The van der Waals surface area contributed by atoms with E-state index in [1.165, 1.54) is 17.6 Å². The fraction of sp³-hybridized carbons (Fsp3) is 0.304. The van der Waals surface area contributed by atoms with Gasteiger partial charge in [-0.1, -0.05) is 6.07 Å². The fourth-order valence-corrected chi connectivity index (χ4v) is 5.07. The summed E-state index contributed by atoms with van der Waals surface area (Å²) in [7, 11) is 1.83. The topological polar surface area (TPSA) is 124 Å². The molecule has 6 N–H and O–H groups in total. The minimum atomic E-state index is -0.788. The van der Waals surface area contributed by atoms with Crippen LogP contribution in [0.25, 0.3) is 10.1 Å². The molecule has 0 radical (unpaired) electrons. The summed E-state index contributed by atoms with van der Waals surface area (Å²) in [5, 5.41) is 25.6. The molecule has 2 heterocycles. The Bertz CT molecular complexity index is 1130. The highest BCUT2D eigenvalue weighted by atomic mass is 32.1. The van der Waals surface area contributed by atoms with Crippen LogP contribution in [0.5, 0.6) is 0 Å². The van der Waals surface area contributed by atoms with E-state index in [1.807, 2.05) is 30.1 Å². The first-order chi connectivity index (χ1) is 15.5. The average molecular weight is 454 g/mol. The predicted molar refractivity (Wildman–Crippen MR) is 130 cm³/mol. The Labute approximate surface area is 190 Å². The van der Waals surface area contributed by atoms with Crippen molar-refractivity contribution >= 4 is 50.6 Å². The Kier molecular flexibility index (Phi) is 6.71. The second-order valence-electron chi connectivity index (χ2n) is 7.72. The number of thiophene rings is 1. The maximum absolute atomic E-state index is 12.5. The van der Waals surface area contributed by atoms with Crippen LogP contribution in [0.2, 0.25) is 0 Å². The summed E-state index contributed by atoms with van der Waals surface area (Å²) in [6.07, 6.45) is 0.410. The molecule has 4 rings (SSSR count). The number of carbonyl (C=O) groups is 1. The van der Waals surface area contributed by atoms with Gasteiger partial charge >= 0.3 is 0 Å². The van der Waals surface area contributed by atoms with Crippen molar-refractivity contribution in [3.05, 3.63) is 52.9 Å². The van der Waals surface area contributed by atoms with Crippen LogP contribution in [0, 0.1) is 5.41 Å². The van der Waals surface area contributed by atoms with Gasteiger partial charge in [-0.3, -0.25) is 9.69 Å². The molecule has 1 fully saturated rings. The van der Waals surface area contributed by atoms with Crippen LogP contribution in [-0.2, 0) is 9.53 Å². The van der Waals surface area contributed by atoms with Crippen LogP contribution in [0.1, 0.15) is 23.1 Å². The van der Waals surface area contributed by atoms with Gasteiger partial charge in [0, 0.05) is 58.3 Å². The number of rotatable bonds is 7. The van der Waals surface area contributed by atoms with Crippen molar-refractivity contribution in [2.75, 3.05) is 43.1 Å². The standard InChI is InChI=1S/C23H27N5O3S/c1-26-22-14(12-24)5-6-19-18(22)11-20(32-19)23(30)28-7-8-31-17(13-28)10-21(29)27-16-4-2-3-15(25)9-16/h2-6,9,11-12,17,23-24,26,30H,7-8,10,13,25H2,1H3,(H,27,29). The third-order valence-corrected chi connectivity index (χ3v) is 6.65. The zero-order chi connectivity index (χ0) is 22.7. The van der Waals surface area contributed by atoms with E-state index in [4.69, 9.17) is 15.9 Å². The molecule has 1 aliphatic rings. The number of ether oxygens (including phenoxy) is 1. The summed E-state index contributed by atoms with van der Waals surface area (Å²) in [4.78, 5) is 15.2. The zero-order valence-electron chi connectivity index (χ0n) is 17.8. The van der Waals surface area contributed by atoms with E-state index in [0.29, 0.717) is 31.1 Å². The van der Waals surface area contributed by atoms with E-state index in [0.717, 1.165) is 26.2 Å². The van der Waals surface area contributed by atoms with Crippen molar-refractivity contribution in [2.24, 2.45) is 0 Å². The SMILES string of the molecule is CNc1c(C=N)ccc2sc(C(O)N3CCOC(CC(=O)Nc4cccc(N)c4)C3)cc12. The monoisotopic (exact) mass is 453 g/mol. The number of nitrogens with two attached hydrogens (primary N) is 1. The van der Waals surface area contributed by atoms with E-state index in [9.17, 15) is 9.90 Å². The molecule has 1 amide bonds. The maximum Gasteiger partial charge on any atom is 0.227 e. The van der Waals surface area contributed by atoms with Crippen molar-refractivity contribution < 1.29 is 14.6 Å².